The number of rotatable bonds is 5. The van der Waals surface area contributed by atoms with Crippen molar-refractivity contribution >= 4 is 33.3 Å². The van der Waals surface area contributed by atoms with Gasteiger partial charge in [0.05, 0.1) is 23.8 Å². The number of sulfonamides is 1. The highest BCUT2D eigenvalue weighted by Crippen LogP contribution is 2.40. The Labute approximate surface area is 219 Å². The van der Waals surface area contributed by atoms with E-state index in [-0.39, 0.29) is 10.8 Å². The van der Waals surface area contributed by atoms with Crippen LogP contribution < -0.4 is 4.90 Å². The van der Waals surface area contributed by atoms with Gasteiger partial charge in [-0.3, -0.25) is 4.79 Å². The molecule has 3 heterocycles. The van der Waals surface area contributed by atoms with Gasteiger partial charge in [-0.15, -0.1) is 0 Å². The number of benzene rings is 2. The fourth-order valence-electron chi connectivity index (χ4n) is 5.24. The number of fused-ring (bicyclic) bond motifs is 1. The van der Waals surface area contributed by atoms with E-state index in [9.17, 15) is 13.2 Å². The number of ether oxygens (including phenoxy) is 1. The minimum atomic E-state index is -3.68. The highest BCUT2D eigenvalue weighted by Gasteiger charge is 2.34. The molecular formula is C29H33N3O4S. The number of morpholine rings is 1. The summed E-state index contributed by atoms with van der Waals surface area (Å²) in [6, 6.07) is 13.5. The molecule has 0 saturated carbocycles. The molecule has 5 rings (SSSR count). The molecule has 0 aliphatic carbocycles. The van der Waals surface area contributed by atoms with Gasteiger partial charge >= 0.3 is 0 Å². The summed E-state index contributed by atoms with van der Waals surface area (Å²) in [6.07, 6.45) is 1.90. The van der Waals surface area contributed by atoms with Gasteiger partial charge in [0.2, 0.25) is 10.0 Å². The first kappa shape index (κ1) is 25.4. The molecule has 0 unspecified atom stereocenters. The first-order valence-electron chi connectivity index (χ1n) is 12.7. The molecule has 37 heavy (non-hydrogen) atoms. The number of amides is 1. The maximum atomic E-state index is 13.5. The average molecular weight is 520 g/mol. The lowest BCUT2D eigenvalue weighted by molar-refractivity contribution is -0.112. The zero-order valence-corrected chi connectivity index (χ0v) is 22.9. The lowest BCUT2D eigenvalue weighted by Gasteiger charge is -2.26. The van der Waals surface area contributed by atoms with Crippen molar-refractivity contribution in [3.8, 4) is 5.69 Å². The molecule has 2 aromatic carbocycles. The SMILES string of the molecule is CCN1C(=O)/C(=C/c2cc(C)n(-c3ccc(C)c(C)c3)c2C)c2cc(S(=O)(=O)N3CCOCC3)ccc21. The van der Waals surface area contributed by atoms with Crippen molar-refractivity contribution in [2.24, 2.45) is 0 Å². The average Bonchev–Trinajstić information content (AvgIpc) is 3.32. The third kappa shape index (κ3) is 4.33. The van der Waals surface area contributed by atoms with Gasteiger partial charge in [0.25, 0.3) is 5.91 Å². The van der Waals surface area contributed by atoms with Crippen LogP contribution in [0.1, 0.15) is 40.6 Å². The first-order chi connectivity index (χ1) is 17.6. The highest BCUT2D eigenvalue weighted by atomic mass is 32.2. The van der Waals surface area contributed by atoms with Gasteiger partial charge in [0.15, 0.2) is 0 Å². The van der Waals surface area contributed by atoms with Crippen molar-refractivity contribution < 1.29 is 17.9 Å². The van der Waals surface area contributed by atoms with Crippen LogP contribution >= 0.6 is 0 Å². The van der Waals surface area contributed by atoms with Crippen LogP contribution in [0.15, 0.2) is 47.4 Å². The van der Waals surface area contributed by atoms with Crippen molar-refractivity contribution in [1.82, 2.24) is 8.87 Å². The van der Waals surface area contributed by atoms with Gasteiger partial charge in [-0.2, -0.15) is 4.31 Å². The van der Waals surface area contributed by atoms with Crippen molar-refractivity contribution in [2.45, 2.75) is 39.5 Å². The summed E-state index contributed by atoms with van der Waals surface area (Å²) >= 11 is 0. The third-order valence-electron chi connectivity index (χ3n) is 7.47. The Morgan fingerprint density at radius 3 is 2.35 bits per heavy atom. The summed E-state index contributed by atoms with van der Waals surface area (Å²) < 4.78 is 35.7. The van der Waals surface area contributed by atoms with E-state index in [0.29, 0.717) is 44.0 Å². The van der Waals surface area contributed by atoms with E-state index in [4.69, 9.17) is 4.74 Å². The van der Waals surface area contributed by atoms with Crippen LogP contribution in [0.3, 0.4) is 0 Å². The molecule has 1 saturated heterocycles. The zero-order chi connectivity index (χ0) is 26.5. The number of nitrogens with zero attached hydrogens (tertiary/aromatic N) is 3. The lowest BCUT2D eigenvalue weighted by Crippen LogP contribution is -2.40. The molecule has 0 radical (unpaired) electrons. The van der Waals surface area contributed by atoms with Crippen LogP contribution in [-0.2, 0) is 19.6 Å². The summed E-state index contributed by atoms with van der Waals surface area (Å²) in [5, 5.41) is 0. The Hall–Kier alpha value is -3.20. The van der Waals surface area contributed by atoms with Crippen molar-refractivity contribution in [3.63, 3.8) is 0 Å². The number of anilines is 1. The summed E-state index contributed by atoms with van der Waals surface area (Å²) in [6.45, 7) is 12.1. The van der Waals surface area contributed by atoms with E-state index in [1.165, 1.54) is 15.4 Å². The molecule has 1 fully saturated rings. The number of likely N-dealkylation sites (N-methyl/N-ethyl adjacent to an activating group) is 1. The van der Waals surface area contributed by atoms with Crippen LogP contribution in [-0.4, -0.2) is 56.0 Å². The summed E-state index contributed by atoms with van der Waals surface area (Å²) in [5.74, 6) is -0.116. The van der Waals surface area contributed by atoms with Crippen LogP contribution in [0.2, 0.25) is 0 Å². The minimum absolute atomic E-state index is 0.116. The molecular weight excluding hydrogens is 486 g/mol. The van der Waals surface area contributed by atoms with Gasteiger partial charge in [-0.25, -0.2) is 8.42 Å². The molecule has 1 aromatic heterocycles. The number of aromatic nitrogens is 1. The molecule has 8 heteroatoms. The Kier molecular flexibility index (Phi) is 6.60. The van der Waals surface area contributed by atoms with E-state index < -0.39 is 10.0 Å². The Morgan fingerprint density at radius 1 is 0.946 bits per heavy atom. The molecule has 2 aliphatic heterocycles. The lowest BCUT2D eigenvalue weighted by atomic mass is 10.0. The second-order valence-electron chi connectivity index (χ2n) is 9.73. The summed E-state index contributed by atoms with van der Waals surface area (Å²) in [5.41, 5.74) is 8.46. The van der Waals surface area contributed by atoms with Gasteiger partial charge in [0, 0.05) is 47.8 Å². The summed E-state index contributed by atoms with van der Waals surface area (Å²) in [7, 11) is -3.68. The molecule has 2 aliphatic rings. The van der Waals surface area contributed by atoms with E-state index in [2.05, 4.69) is 49.6 Å². The normalized spacial score (nSPS) is 17.6. The standard InChI is InChI=1S/C29H33N3O4S/c1-6-31-28-10-9-25(37(34,35)30-11-13-36-14-12-30)18-26(28)27(29(31)33)17-23-16-21(4)32(22(23)5)24-8-7-19(2)20(3)15-24/h7-10,15-18H,6,11-14H2,1-5H3/b27-17+. The highest BCUT2D eigenvalue weighted by molar-refractivity contribution is 7.89. The van der Waals surface area contributed by atoms with E-state index in [1.807, 2.05) is 19.9 Å². The van der Waals surface area contributed by atoms with Crippen LogP contribution in [0.4, 0.5) is 5.69 Å². The predicted octanol–water partition coefficient (Wildman–Crippen LogP) is 4.64. The van der Waals surface area contributed by atoms with Gasteiger partial charge in [-0.05, 0) is 93.8 Å². The number of aryl methyl sites for hydroxylation is 3. The zero-order valence-electron chi connectivity index (χ0n) is 22.0. The Balaban J connectivity index is 1.60. The van der Waals surface area contributed by atoms with Gasteiger partial charge in [-0.1, -0.05) is 6.07 Å². The molecule has 0 N–H and O–H groups in total. The number of hydrogen-bond acceptors (Lipinski definition) is 4. The molecule has 0 spiro atoms. The first-order valence-corrected chi connectivity index (χ1v) is 14.1. The molecule has 194 valence electrons. The second kappa shape index (κ2) is 9.59. The Bertz CT molecular complexity index is 1530. The maximum Gasteiger partial charge on any atom is 0.258 e. The van der Waals surface area contributed by atoms with E-state index in [1.54, 1.807) is 23.1 Å². The fourth-order valence-corrected chi connectivity index (χ4v) is 6.67. The van der Waals surface area contributed by atoms with E-state index in [0.717, 1.165) is 28.3 Å². The molecule has 7 nitrogen and oxygen atoms in total. The topological polar surface area (TPSA) is 71.9 Å². The van der Waals surface area contributed by atoms with Crippen LogP contribution in [0.5, 0.6) is 0 Å². The monoisotopic (exact) mass is 519 g/mol. The van der Waals surface area contributed by atoms with Crippen LogP contribution in [0, 0.1) is 27.7 Å². The van der Waals surface area contributed by atoms with Crippen LogP contribution in [0.25, 0.3) is 17.3 Å². The fraction of sp³-hybridized carbons (Fsp3) is 0.345. The van der Waals surface area contributed by atoms with Crippen molar-refractivity contribution in [1.29, 1.82) is 0 Å². The summed E-state index contributed by atoms with van der Waals surface area (Å²) in [4.78, 5) is 15.4. The maximum absolute atomic E-state index is 13.5. The number of carbonyl (C=O) groups is 1. The molecule has 1 amide bonds. The van der Waals surface area contributed by atoms with E-state index >= 15 is 0 Å². The molecule has 0 atom stereocenters. The van der Waals surface area contributed by atoms with Crippen molar-refractivity contribution in [3.05, 3.63) is 76.1 Å². The molecule has 0 bridgehead atoms. The van der Waals surface area contributed by atoms with Gasteiger partial charge in [0.1, 0.15) is 0 Å². The van der Waals surface area contributed by atoms with Gasteiger partial charge < -0.3 is 14.2 Å². The Morgan fingerprint density at radius 2 is 1.68 bits per heavy atom. The number of carbonyl (C=O) groups excluding carboxylic acids is 1. The quantitative estimate of drug-likeness (QED) is 0.461. The van der Waals surface area contributed by atoms with Crippen molar-refractivity contribution in [2.75, 3.05) is 37.7 Å². The largest absolute Gasteiger partial charge is 0.379 e. The number of hydrogen-bond donors (Lipinski definition) is 0. The predicted molar refractivity (Wildman–Crippen MR) is 147 cm³/mol. The molecule has 3 aromatic rings. The second-order valence-corrected chi connectivity index (χ2v) is 11.7. The minimum Gasteiger partial charge on any atom is -0.379 e. The third-order valence-corrected chi connectivity index (χ3v) is 9.36. The smallest absolute Gasteiger partial charge is 0.258 e.